The Bertz CT molecular complexity index is 811. The lowest BCUT2D eigenvalue weighted by molar-refractivity contribution is 0.632. The maximum atomic E-state index is 13.7. The second-order valence-electron chi connectivity index (χ2n) is 4.96. The zero-order valence-electron chi connectivity index (χ0n) is 11.6. The Morgan fingerprint density at radius 1 is 1.24 bits per heavy atom. The van der Waals surface area contributed by atoms with E-state index in [0.717, 1.165) is 29.8 Å². The zero-order chi connectivity index (χ0) is 15.0. The number of nitrogens with zero attached hydrogens (tertiary/aromatic N) is 2. The summed E-state index contributed by atoms with van der Waals surface area (Å²) in [6.07, 6.45) is 0.947. The quantitative estimate of drug-likeness (QED) is 0.725. The Labute approximate surface area is 127 Å². The Kier molecular flexibility index (Phi) is 3.55. The van der Waals surface area contributed by atoms with Gasteiger partial charge in [0.2, 0.25) is 0 Å². The van der Waals surface area contributed by atoms with Crippen LogP contribution >= 0.6 is 11.6 Å². The van der Waals surface area contributed by atoms with Gasteiger partial charge in [-0.15, -0.1) is 0 Å². The van der Waals surface area contributed by atoms with Crippen LogP contribution in [0.1, 0.15) is 13.3 Å². The van der Waals surface area contributed by atoms with Gasteiger partial charge in [-0.05, 0) is 42.8 Å². The van der Waals surface area contributed by atoms with Crippen LogP contribution in [-0.2, 0) is 6.54 Å². The summed E-state index contributed by atoms with van der Waals surface area (Å²) in [5, 5.41) is 0.662. The molecule has 108 valence electrons. The first-order valence-corrected chi connectivity index (χ1v) is 7.19. The van der Waals surface area contributed by atoms with Gasteiger partial charge in [-0.2, -0.15) is 0 Å². The van der Waals surface area contributed by atoms with Crippen molar-refractivity contribution in [1.29, 1.82) is 0 Å². The Morgan fingerprint density at radius 2 is 2.05 bits per heavy atom. The van der Waals surface area contributed by atoms with E-state index >= 15 is 0 Å². The molecule has 3 nitrogen and oxygen atoms in total. The van der Waals surface area contributed by atoms with E-state index in [4.69, 9.17) is 17.3 Å². The molecule has 1 heterocycles. The molecule has 3 aromatic rings. The van der Waals surface area contributed by atoms with Crippen molar-refractivity contribution >= 4 is 28.3 Å². The molecule has 0 unspecified atom stereocenters. The number of aryl methyl sites for hydroxylation is 1. The van der Waals surface area contributed by atoms with Crippen LogP contribution in [0.15, 0.2) is 36.4 Å². The molecule has 5 heteroatoms. The molecule has 0 atom stereocenters. The summed E-state index contributed by atoms with van der Waals surface area (Å²) < 4.78 is 15.8. The van der Waals surface area contributed by atoms with E-state index in [2.05, 4.69) is 16.5 Å². The van der Waals surface area contributed by atoms with Crippen LogP contribution in [0.25, 0.3) is 22.4 Å². The highest BCUT2D eigenvalue weighted by Gasteiger charge is 2.13. The van der Waals surface area contributed by atoms with Gasteiger partial charge < -0.3 is 10.3 Å². The number of fused-ring (bicyclic) bond motifs is 1. The topological polar surface area (TPSA) is 43.8 Å². The summed E-state index contributed by atoms with van der Waals surface area (Å²) >= 11 is 6.07. The number of rotatable bonds is 3. The third kappa shape index (κ3) is 2.47. The summed E-state index contributed by atoms with van der Waals surface area (Å²) in [4.78, 5) is 4.61. The average Bonchev–Trinajstić information content (AvgIpc) is 2.81. The van der Waals surface area contributed by atoms with Crippen molar-refractivity contribution in [1.82, 2.24) is 9.55 Å². The highest BCUT2D eigenvalue weighted by Crippen LogP contribution is 2.28. The first-order chi connectivity index (χ1) is 10.1. The summed E-state index contributed by atoms with van der Waals surface area (Å²) in [6.45, 7) is 2.88. The third-order valence-corrected chi connectivity index (χ3v) is 3.65. The van der Waals surface area contributed by atoms with E-state index in [0.29, 0.717) is 10.6 Å². The number of halogens is 2. The number of anilines is 1. The second kappa shape index (κ2) is 5.37. The van der Waals surface area contributed by atoms with Crippen molar-refractivity contribution in [2.45, 2.75) is 19.9 Å². The molecule has 1 aromatic heterocycles. The van der Waals surface area contributed by atoms with Gasteiger partial charge in [0, 0.05) is 17.1 Å². The molecule has 0 radical (unpaired) electrons. The molecule has 21 heavy (non-hydrogen) atoms. The Hall–Kier alpha value is -2.07. The zero-order valence-corrected chi connectivity index (χ0v) is 12.4. The van der Waals surface area contributed by atoms with Crippen molar-refractivity contribution in [2.75, 3.05) is 5.73 Å². The van der Waals surface area contributed by atoms with Crippen LogP contribution in [0, 0.1) is 5.82 Å². The SMILES string of the molecule is CCCn1c(-c2ccc(N)c(F)c2)nc2ccc(Cl)cc21. The molecular formula is C16H15ClFN3. The van der Waals surface area contributed by atoms with Gasteiger partial charge in [0.1, 0.15) is 11.6 Å². The minimum atomic E-state index is -0.430. The number of hydrogen-bond donors (Lipinski definition) is 1. The van der Waals surface area contributed by atoms with Gasteiger partial charge in [-0.3, -0.25) is 0 Å². The van der Waals surface area contributed by atoms with Crippen LogP contribution in [0.5, 0.6) is 0 Å². The first-order valence-electron chi connectivity index (χ1n) is 6.81. The Morgan fingerprint density at radius 3 is 2.76 bits per heavy atom. The predicted octanol–water partition coefficient (Wildman–Crippen LogP) is 4.49. The lowest BCUT2D eigenvalue weighted by Crippen LogP contribution is -2.00. The maximum absolute atomic E-state index is 13.7. The smallest absolute Gasteiger partial charge is 0.146 e. The van der Waals surface area contributed by atoms with E-state index in [9.17, 15) is 4.39 Å². The number of nitrogen functional groups attached to an aromatic ring is 1. The van der Waals surface area contributed by atoms with Crippen molar-refractivity contribution in [3.8, 4) is 11.4 Å². The van der Waals surface area contributed by atoms with Crippen LogP contribution < -0.4 is 5.73 Å². The standard InChI is InChI=1S/C16H15ClFN3/c1-2-7-21-15-9-11(17)4-6-14(15)20-16(21)10-3-5-13(19)12(18)8-10/h3-6,8-9H,2,7,19H2,1H3. The first kappa shape index (κ1) is 13.9. The average molecular weight is 304 g/mol. The monoisotopic (exact) mass is 303 g/mol. The molecule has 2 aromatic carbocycles. The van der Waals surface area contributed by atoms with Crippen LogP contribution in [0.4, 0.5) is 10.1 Å². The molecular weight excluding hydrogens is 289 g/mol. The minimum absolute atomic E-state index is 0.139. The fourth-order valence-corrected chi connectivity index (χ4v) is 2.60. The van der Waals surface area contributed by atoms with E-state index in [1.165, 1.54) is 6.07 Å². The van der Waals surface area contributed by atoms with E-state index in [-0.39, 0.29) is 5.69 Å². The van der Waals surface area contributed by atoms with Gasteiger partial charge in [-0.1, -0.05) is 18.5 Å². The molecule has 0 saturated heterocycles. The second-order valence-corrected chi connectivity index (χ2v) is 5.39. The van der Waals surface area contributed by atoms with Crippen LogP contribution in [-0.4, -0.2) is 9.55 Å². The van der Waals surface area contributed by atoms with E-state index < -0.39 is 5.82 Å². The van der Waals surface area contributed by atoms with Gasteiger partial charge in [-0.25, -0.2) is 9.37 Å². The molecule has 0 aliphatic rings. The number of nitrogens with two attached hydrogens (primary N) is 1. The van der Waals surface area contributed by atoms with Gasteiger partial charge in [0.05, 0.1) is 16.7 Å². The molecule has 0 aliphatic carbocycles. The third-order valence-electron chi connectivity index (χ3n) is 3.42. The molecule has 0 spiro atoms. The molecule has 0 fully saturated rings. The van der Waals surface area contributed by atoms with Gasteiger partial charge >= 0.3 is 0 Å². The maximum Gasteiger partial charge on any atom is 0.146 e. The minimum Gasteiger partial charge on any atom is -0.396 e. The van der Waals surface area contributed by atoms with E-state index in [1.807, 2.05) is 12.1 Å². The van der Waals surface area contributed by atoms with Crippen LogP contribution in [0.2, 0.25) is 5.02 Å². The normalized spacial score (nSPS) is 11.2. The fourth-order valence-electron chi connectivity index (χ4n) is 2.43. The van der Waals surface area contributed by atoms with E-state index in [1.54, 1.807) is 18.2 Å². The highest BCUT2D eigenvalue weighted by molar-refractivity contribution is 6.31. The molecule has 0 saturated carbocycles. The fraction of sp³-hybridized carbons (Fsp3) is 0.188. The number of imidazole rings is 1. The summed E-state index contributed by atoms with van der Waals surface area (Å²) in [5.74, 6) is 0.300. The molecule has 2 N–H and O–H groups in total. The predicted molar refractivity (Wildman–Crippen MR) is 84.8 cm³/mol. The van der Waals surface area contributed by atoms with Crippen LogP contribution in [0.3, 0.4) is 0 Å². The molecule has 0 aliphatic heterocycles. The summed E-state index contributed by atoms with van der Waals surface area (Å²) in [5.41, 5.74) is 8.19. The van der Waals surface area contributed by atoms with Crippen molar-refractivity contribution in [2.24, 2.45) is 0 Å². The number of hydrogen-bond acceptors (Lipinski definition) is 2. The molecule has 0 amide bonds. The van der Waals surface area contributed by atoms with Gasteiger partial charge in [0.25, 0.3) is 0 Å². The Balaban J connectivity index is 2.25. The number of benzene rings is 2. The largest absolute Gasteiger partial charge is 0.396 e. The molecule has 0 bridgehead atoms. The summed E-state index contributed by atoms with van der Waals surface area (Å²) in [7, 11) is 0. The lowest BCUT2D eigenvalue weighted by atomic mass is 10.2. The van der Waals surface area contributed by atoms with Crippen molar-refractivity contribution < 1.29 is 4.39 Å². The highest BCUT2D eigenvalue weighted by atomic mass is 35.5. The summed E-state index contributed by atoms with van der Waals surface area (Å²) in [6, 6.07) is 10.3. The van der Waals surface area contributed by atoms with Gasteiger partial charge in [0.15, 0.2) is 0 Å². The molecule has 3 rings (SSSR count). The van der Waals surface area contributed by atoms with Crippen molar-refractivity contribution in [3.05, 3.63) is 47.2 Å². The van der Waals surface area contributed by atoms with Crippen molar-refractivity contribution in [3.63, 3.8) is 0 Å². The number of aromatic nitrogens is 2. The lowest BCUT2D eigenvalue weighted by Gasteiger charge is -2.08.